The second-order valence-corrected chi connectivity index (χ2v) is 7.67. The number of methoxy groups -OCH3 is 1. The zero-order valence-corrected chi connectivity index (χ0v) is 16.2. The van der Waals surface area contributed by atoms with Gasteiger partial charge in [0, 0.05) is 39.0 Å². The third kappa shape index (κ3) is 4.06. The predicted molar refractivity (Wildman–Crippen MR) is 105 cm³/mol. The molecule has 4 rings (SSSR count). The summed E-state index contributed by atoms with van der Waals surface area (Å²) in [6.45, 7) is 3.81. The van der Waals surface area contributed by atoms with Crippen molar-refractivity contribution >= 4 is 5.95 Å². The van der Waals surface area contributed by atoms with Crippen LogP contribution in [0.4, 0.5) is 5.95 Å². The SMILES string of the molecule is COc1ccc(CN2CCCC3(CC(N(C)c4ncccn4)CO3)C2)cc1. The smallest absolute Gasteiger partial charge is 0.225 e. The largest absolute Gasteiger partial charge is 0.497 e. The Hall–Kier alpha value is -2.18. The lowest BCUT2D eigenvalue weighted by Gasteiger charge is -2.40. The molecular formula is C21H28N4O2. The molecule has 0 saturated carbocycles. The number of anilines is 1. The van der Waals surface area contributed by atoms with E-state index in [1.165, 1.54) is 12.0 Å². The maximum absolute atomic E-state index is 6.38. The van der Waals surface area contributed by atoms with Crippen LogP contribution in [0.3, 0.4) is 0 Å². The van der Waals surface area contributed by atoms with E-state index in [1.54, 1.807) is 19.5 Å². The van der Waals surface area contributed by atoms with Crippen LogP contribution in [0.2, 0.25) is 0 Å². The summed E-state index contributed by atoms with van der Waals surface area (Å²) >= 11 is 0. The molecule has 0 aliphatic carbocycles. The van der Waals surface area contributed by atoms with Gasteiger partial charge >= 0.3 is 0 Å². The molecule has 144 valence electrons. The number of piperidine rings is 1. The Morgan fingerprint density at radius 1 is 1.26 bits per heavy atom. The van der Waals surface area contributed by atoms with Gasteiger partial charge in [-0.15, -0.1) is 0 Å². The molecule has 6 nitrogen and oxygen atoms in total. The number of nitrogens with zero attached hydrogens (tertiary/aromatic N) is 4. The molecule has 1 aromatic carbocycles. The van der Waals surface area contributed by atoms with Crippen LogP contribution in [0.5, 0.6) is 5.75 Å². The van der Waals surface area contributed by atoms with Crippen LogP contribution in [-0.2, 0) is 11.3 Å². The number of likely N-dealkylation sites (tertiary alicyclic amines) is 1. The summed E-state index contributed by atoms with van der Waals surface area (Å²) in [5.41, 5.74) is 1.27. The quantitative estimate of drug-likeness (QED) is 0.809. The lowest BCUT2D eigenvalue weighted by atomic mass is 9.88. The van der Waals surface area contributed by atoms with Crippen molar-refractivity contribution < 1.29 is 9.47 Å². The van der Waals surface area contributed by atoms with Crippen molar-refractivity contribution in [3.8, 4) is 5.75 Å². The van der Waals surface area contributed by atoms with E-state index in [0.717, 1.165) is 50.8 Å². The molecule has 2 aliphatic rings. The molecule has 1 aromatic heterocycles. The Kier molecular flexibility index (Phi) is 5.27. The minimum absolute atomic E-state index is 0.0432. The molecule has 2 saturated heterocycles. The molecule has 3 heterocycles. The monoisotopic (exact) mass is 368 g/mol. The van der Waals surface area contributed by atoms with Crippen molar-refractivity contribution in [2.45, 2.75) is 37.5 Å². The van der Waals surface area contributed by atoms with Crippen LogP contribution >= 0.6 is 0 Å². The van der Waals surface area contributed by atoms with Gasteiger partial charge in [-0.05, 0) is 43.1 Å². The molecule has 2 aromatic rings. The lowest BCUT2D eigenvalue weighted by molar-refractivity contribution is -0.0533. The molecule has 0 N–H and O–H groups in total. The summed E-state index contributed by atoms with van der Waals surface area (Å²) < 4.78 is 11.6. The lowest BCUT2D eigenvalue weighted by Crippen LogP contribution is -2.48. The van der Waals surface area contributed by atoms with Gasteiger partial charge in [-0.1, -0.05) is 12.1 Å². The van der Waals surface area contributed by atoms with E-state index in [0.29, 0.717) is 6.04 Å². The zero-order valence-electron chi connectivity index (χ0n) is 16.2. The minimum atomic E-state index is -0.0432. The second kappa shape index (κ2) is 7.82. The number of benzene rings is 1. The van der Waals surface area contributed by atoms with Crippen molar-refractivity contribution in [2.24, 2.45) is 0 Å². The first-order valence-corrected chi connectivity index (χ1v) is 9.67. The number of hydrogen-bond acceptors (Lipinski definition) is 6. The van der Waals surface area contributed by atoms with Gasteiger partial charge in [-0.2, -0.15) is 0 Å². The first kappa shape index (κ1) is 18.2. The molecule has 0 radical (unpaired) electrons. The third-order valence-corrected chi connectivity index (χ3v) is 5.79. The molecule has 2 unspecified atom stereocenters. The Bertz CT molecular complexity index is 740. The van der Waals surface area contributed by atoms with E-state index >= 15 is 0 Å². The van der Waals surface area contributed by atoms with Crippen LogP contribution in [0.15, 0.2) is 42.7 Å². The second-order valence-electron chi connectivity index (χ2n) is 7.67. The maximum Gasteiger partial charge on any atom is 0.225 e. The van der Waals surface area contributed by atoms with Crippen LogP contribution in [0.25, 0.3) is 0 Å². The number of hydrogen-bond donors (Lipinski definition) is 0. The summed E-state index contributed by atoms with van der Waals surface area (Å²) in [7, 11) is 3.77. The topological polar surface area (TPSA) is 50.7 Å². The molecule has 6 heteroatoms. The predicted octanol–water partition coefficient (Wildman–Crippen LogP) is 2.75. The van der Waals surface area contributed by atoms with Crippen molar-refractivity contribution in [1.29, 1.82) is 0 Å². The third-order valence-electron chi connectivity index (χ3n) is 5.79. The van der Waals surface area contributed by atoms with E-state index in [2.05, 4.69) is 38.9 Å². The highest BCUT2D eigenvalue weighted by Crippen LogP contribution is 2.37. The number of rotatable bonds is 5. The highest BCUT2D eigenvalue weighted by molar-refractivity contribution is 5.30. The van der Waals surface area contributed by atoms with Gasteiger partial charge in [-0.3, -0.25) is 4.90 Å². The number of aromatic nitrogens is 2. The summed E-state index contributed by atoms with van der Waals surface area (Å²) in [5, 5.41) is 0. The summed E-state index contributed by atoms with van der Waals surface area (Å²) in [4.78, 5) is 13.4. The molecular weight excluding hydrogens is 340 g/mol. The molecule has 1 spiro atoms. The van der Waals surface area contributed by atoms with E-state index < -0.39 is 0 Å². The average molecular weight is 368 g/mol. The number of likely N-dealkylation sites (N-methyl/N-ethyl adjacent to an activating group) is 1. The minimum Gasteiger partial charge on any atom is -0.497 e. The summed E-state index contributed by atoms with van der Waals surface area (Å²) in [6, 6.07) is 10.5. The Morgan fingerprint density at radius 3 is 2.78 bits per heavy atom. The van der Waals surface area contributed by atoms with Crippen LogP contribution < -0.4 is 9.64 Å². The van der Waals surface area contributed by atoms with Crippen molar-refractivity contribution in [3.05, 3.63) is 48.3 Å². The molecule has 0 bridgehead atoms. The van der Waals surface area contributed by atoms with Gasteiger partial charge in [0.05, 0.1) is 25.4 Å². The van der Waals surface area contributed by atoms with Crippen molar-refractivity contribution in [1.82, 2.24) is 14.9 Å². The molecule has 2 aliphatic heterocycles. The van der Waals surface area contributed by atoms with Gasteiger partial charge < -0.3 is 14.4 Å². The standard InChI is InChI=1S/C21H28N4O2/c1-24(20-22-10-4-11-23-20)18-13-21(27-15-18)9-3-12-25(16-21)14-17-5-7-19(26-2)8-6-17/h4-8,10-11,18H,3,9,12-16H2,1-2H3. The normalized spacial score (nSPS) is 25.6. The Labute approximate surface area is 161 Å². The average Bonchev–Trinajstić information content (AvgIpc) is 3.12. The van der Waals surface area contributed by atoms with Gasteiger partial charge in [-0.25, -0.2) is 9.97 Å². The van der Waals surface area contributed by atoms with Crippen molar-refractivity contribution in [3.63, 3.8) is 0 Å². The fourth-order valence-corrected chi connectivity index (χ4v) is 4.30. The van der Waals surface area contributed by atoms with Gasteiger partial charge in [0.15, 0.2) is 0 Å². The van der Waals surface area contributed by atoms with Crippen LogP contribution in [0, 0.1) is 0 Å². The van der Waals surface area contributed by atoms with E-state index in [1.807, 2.05) is 18.2 Å². The molecule has 27 heavy (non-hydrogen) atoms. The maximum atomic E-state index is 6.38. The Morgan fingerprint density at radius 2 is 2.04 bits per heavy atom. The van der Waals surface area contributed by atoms with E-state index in [-0.39, 0.29) is 5.60 Å². The van der Waals surface area contributed by atoms with Gasteiger partial charge in [0.25, 0.3) is 0 Å². The molecule has 2 atom stereocenters. The number of ether oxygens (including phenoxy) is 2. The van der Waals surface area contributed by atoms with Gasteiger partial charge in [0.1, 0.15) is 5.75 Å². The summed E-state index contributed by atoms with van der Waals surface area (Å²) in [6.07, 6.45) is 6.92. The first-order valence-electron chi connectivity index (χ1n) is 9.67. The molecule has 0 amide bonds. The summed E-state index contributed by atoms with van der Waals surface area (Å²) in [5.74, 6) is 1.68. The van der Waals surface area contributed by atoms with E-state index in [9.17, 15) is 0 Å². The van der Waals surface area contributed by atoms with E-state index in [4.69, 9.17) is 9.47 Å². The highest BCUT2D eigenvalue weighted by atomic mass is 16.5. The van der Waals surface area contributed by atoms with Crippen LogP contribution in [-0.4, -0.2) is 60.4 Å². The first-order chi connectivity index (χ1) is 13.2. The van der Waals surface area contributed by atoms with Crippen molar-refractivity contribution in [2.75, 3.05) is 38.8 Å². The highest BCUT2D eigenvalue weighted by Gasteiger charge is 2.44. The van der Waals surface area contributed by atoms with Gasteiger partial charge in [0.2, 0.25) is 5.95 Å². The fourth-order valence-electron chi connectivity index (χ4n) is 4.30. The fraction of sp³-hybridized carbons (Fsp3) is 0.524. The molecule has 2 fully saturated rings. The Balaban J connectivity index is 1.38. The van der Waals surface area contributed by atoms with Crippen LogP contribution in [0.1, 0.15) is 24.8 Å². The zero-order chi connectivity index (χ0) is 18.7.